The Morgan fingerprint density at radius 1 is 1.06 bits per heavy atom. The van der Waals surface area contributed by atoms with Gasteiger partial charge in [-0.2, -0.15) is 0 Å². The van der Waals surface area contributed by atoms with Crippen LogP contribution in [-0.2, 0) is 26.0 Å². The van der Waals surface area contributed by atoms with Crippen LogP contribution in [-0.4, -0.2) is 44.3 Å². The smallest absolute Gasteiger partial charge is 0.326 e. The number of carbonyl (C=O) groups excluding carboxylic acids is 1. The van der Waals surface area contributed by atoms with Crippen LogP contribution in [0, 0.1) is 0 Å². The Kier molecular flexibility index (Phi) is 8.24. The van der Waals surface area contributed by atoms with Crippen LogP contribution in [0.15, 0.2) is 53.4 Å². The topological polar surface area (TPSA) is 92.7 Å². The summed E-state index contributed by atoms with van der Waals surface area (Å²) < 4.78 is 33.6. The van der Waals surface area contributed by atoms with Gasteiger partial charge >= 0.3 is 5.97 Å². The first kappa shape index (κ1) is 26.5. The number of sulfonamides is 1. The zero-order valence-electron chi connectivity index (χ0n) is 19.3. The summed E-state index contributed by atoms with van der Waals surface area (Å²) in [7, 11) is -4.20. The van der Waals surface area contributed by atoms with Crippen LogP contribution in [0.1, 0.15) is 25.3 Å². The lowest BCUT2D eigenvalue weighted by molar-refractivity contribution is -0.141. The molecular formula is C24H23Cl3N4O4S. The monoisotopic (exact) mass is 568 g/mol. The number of ether oxygens (including phenoxy) is 1. The van der Waals surface area contributed by atoms with Crippen molar-refractivity contribution in [2.45, 2.75) is 31.1 Å². The highest BCUT2D eigenvalue weighted by atomic mass is 35.5. The van der Waals surface area contributed by atoms with Gasteiger partial charge in [-0.3, -0.25) is 9.10 Å². The molecule has 3 aromatic rings. The van der Waals surface area contributed by atoms with E-state index in [-0.39, 0.29) is 21.5 Å². The highest BCUT2D eigenvalue weighted by Gasteiger charge is 2.30. The normalized spacial score (nSPS) is 12.9. The van der Waals surface area contributed by atoms with Crippen molar-refractivity contribution in [3.8, 4) is 0 Å². The molecule has 0 saturated carbocycles. The van der Waals surface area contributed by atoms with Crippen LogP contribution >= 0.6 is 34.8 Å². The minimum atomic E-state index is -4.20. The first-order chi connectivity index (χ1) is 17.2. The molecule has 4 rings (SSSR count). The van der Waals surface area contributed by atoms with Crippen molar-refractivity contribution in [1.29, 1.82) is 0 Å². The second-order valence-electron chi connectivity index (χ2n) is 8.12. The number of nitrogens with zero attached hydrogens (tertiary/aromatic N) is 4. The molecule has 36 heavy (non-hydrogen) atoms. The van der Waals surface area contributed by atoms with Crippen LogP contribution in [0.5, 0.6) is 0 Å². The Morgan fingerprint density at radius 3 is 2.47 bits per heavy atom. The molecule has 0 unspecified atom stereocenters. The molecule has 0 atom stereocenters. The van der Waals surface area contributed by atoms with Gasteiger partial charge in [-0.05, 0) is 66.9 Å². The minimum Gasteiger partial charge on any atom is -0.464 e. The molecule has 0 radical (unpaired) electrons. The molecule has 190 valence electrons. The molecule has 0 fully saturated rings. The summed E-state index contributed by atoms with van der Waals surface area (Å²) in [5.74, 6) is -0.0258. The lowest BCUT2D eigenvalue weighted by Crippen LogP contribution is -2.36. The molecule has 1 aliphatic rings. The van der Waals surface area contributed by atoms with Crippen LogP contribution in [0.4, 0.5) is 17.2 Å². The maximum Gasteiger partial charge on any atom is 0.326 e. The Labute approximate surface area is 224 Å². The quantitative estimate of drug-likeness (QED) is 0.242. The number of esters is 1. The lowest BCUT2D eigenvalue weighted by atomic mass is 10.1. The number of anilines is 3. The predicted molar refractivity (Wildman–Crippen MR) is 141 cm³/mol. The van der Waals surface area contributed by atoms with Gasteiger partial charge in [0.05, 0.1) is 17.2 Å². The van der Waals surface area contributed by atoms with E-state index in [0.29, 0.717) is 36.0 Å². The van der Waals surface area contributed by atoms with E-state index >= 15 is 0 Å². The molecule has 2 heterocycles. The summed E-state index contributed by atoms with van der Waals surface area (Å²) >= 11 is 18.0. The predicted octanol–water partition coefficient (Wildman–Crippen LogP) is 5.67. The second-order valence-corrected chi connectivity index (χ2v) is 11.2. The number of carbonyl (C=O) groups is 1. The van der Waals surface area contributed by atoms with Crippen molar-refractivity contribution in [2.24, 2.45) is 0 Å². The molecule has 0 amide bonds. The van der Waals surface area contributed by atoms with Crippen LogP contribution < -0.4 is 9.21 Å². The van der Waals surface area contributed by atoms with E-state index in [2.05, 4.69) is 10.2 Å². The SMILES string of the molecule is CCCCOC(=O)CN(c1ccc2c(c1)CCN2c1ccc(Cl)nn1)S(=O)(=O)c1cc(Cl)cc(Cl)c1. The fourth-order valence-corrected chi connectivity index (χ4v) is 6.08. The van der Waals surface area contributed by atoms with Gasteiger partial charge < -0.3 is 9.64 Å². The van der Waals surface area contributed by atoms with Gasteiger partial charge in [0.25, 0.3) is 10.0 Å². The van der Waals surface area contributed by atoms with E-state index in [0.717, 1.165) is 22.0 Å². The minimum absolute atomic E-state index is 0.125. The van der Waals surface area contributed by atoms with E-state index in [4.69, 9.17) is 39.5 Å². The lowest BCUT2D eigenvalue weighted by Gasteiger charge is -2.25. The van der Waals surface area contributed by atoms with Gasteiger partial charge in [-0.15, -0.1) is 10.2 Å². The first-order valence-electron chi connectivity index (χ1n) is 11.2. The average molecular weight is 570 g/mol. The summed E-state index contributed by atoms with van der Waals surface area (Å²) in [5.41, 5.74) is 2.08. The van der Waals surface area contributed by atoms with E-state index < -0.39 is 22.5 Å². The maximum absolute atomic E-state index is 13.7. The summed E-state index contributed by atoms with van der Waals surface area (Å²) in [6.07, 6.45) is 2.17. The number of halogens is 3. The number of fused-ring (bicyclic) bond motifs is 1. The molecule has 0 N–H and O–H groups in total. The largest absolute Gasteiger partial charge is 0.464 e. The van der Waals surface area contributed by atoms with Crippen molar-refractivity contribution >= 4 is 68.0 Å². The third-order valence-electron chi connectivity index (χ3n) is 5.60. The van der Waals surface area contributed by atoms with E-state index in [1.54, 1.807) is 30.3 Å². The van der Waals surface area contributed by atoms with Gasteiger partial charge in [0.2, 0.25) is 0 Å². The molecule has 0 aliphatic carbocycles. The van der Waals surface area contributed by atoms with Gasteiger partial charge in [-0.1, -0.05) is 48.1 Å². The van der Waals surface area contributed by atoms with Crippen molar-refractivity contribution < 1.29 is 17.9 Å². The fourth-order valence-electron chi connectivity index (χ4n) is 3.85. The number of benzene rings is 2. The summed E-state index contributed by atoms with van der Waals surface area (Å²) in [6.45, 7) is 2.32. The zero-order valence-corrected chi connectivity index (χ0v) is 22.4. The molecule has 0 spiro atoms. The van der Waals surface area contributed by atoms with Crippen molar-refractivity contribution in [3.05, 3.63) is 69.3 Å². The standard InChI is InChI=1S/C24H23Cl3N4O4S/c1-2-3-10-35-24(32)15-31(36(33,34)20-13-17(25)12-18(26)14-20)19-4-5-21-16(11-19)8-9-30(21)23-7-6-22(27)28-29-23/h4-7,11-14H,2-3,8-10,15H2,1H3. The van der Waals surface area contributed by atoms with E-state index in [1.165, 1.54) is 18.2 Å². The van der Waals surface area contributed by atoms with Crippen molar-refractivity contribution in [2.75, 3.05) is 28.9 Å². The Balaban J connectivity index is 1.70. The zero-order chi connectivity index (χ0) is 25.9. The number of aromatic nitrogens is 2. The van der Waals surface area contributed by atoms with Gasteiger partial charge in [0.15, 0.2) is 11.0 Å². The molecule has 0 saturated heterocycles. The third kappa shape index (κ3) is 5.86. The third-order valence-corrected chi connectivity index (χ3v) is 7.99. The van der Waals surface area contributed by atoms with Crippen molar-refractivity contribution in [3.63, 3.8) is 0 Å². The molecule has 12 heteroatoms. The maximum atomic E-state index is 13.7. The van der Waals surface area contributed by atoms with Gasteiger partial charge in [-0.25, -0.2) is 8.42 Å². The molecule has 2 aromatic carbocycles. The average Bonchev–Trinajstić information content (AvgIpc) is 3.26. The molecular weight excluding hydrogens is 547 g/mol. The van der Waals surface area contributed by atoms with Crippen LogP contribution in [0.2, 0.25) is 15.2 Å². The Hall–Kier alpha value is -2.59. The fraction of sp³-hybridized carbons (Fsp3) is 0.292. The number of unbranched alkanes of at least 4 members (excludes halogenated alkanes) is 1. The van der Waals surface area contributed by atoms with E-state index in [1.807, 2.05) is 11.8 Å². The molecule has 0 bridgehead atoms. The summed E-state index contributed by atoms with van der Waals surface area (Å²) in [6, 6.07) is 12.7. The highest BCUT2D eigenvalue weighted by Crippen LogP contribution is 2.37. The highest BCUT2D eigenvalue weighted by molar-refractivity contribution is 7.92. The number of hydrogen-bond acceptors (Lipinski definition) is 7. The Bertz CT molecular complexity index is 1350. The second kappa shape index (κ2) is 11.2. The van der Waals surface area contributed by atoms with Crippen LogP contribution in [0.25, 0.3) is 0 Å². The van der Waals surface area contributed by atoms with E-state index in [9.17, 15) is 13.2 Å². The molecule has 8 nitrogen and oxygen atoms in total. The Morgan fingerprint density at radius 2 is 1.81 bits per heavy atom. The number of hydrogen-bond donors (Lipinski definition) is 0. The van der Waals surface area contributed by atoms with Gasteiger partial charge in [0, 0.05) is 22.3 Å². The molecule has 1 aromatic heterocycles. The van der Waals surface area contributed by atoms with Gasteiger partial charge in [0.1, 0.15) is 6.54 Å². The van der Waals surface area contributed by atoms with Crippen molar-refractivity contribution in [1.82, 2.24) is 10.2 Å². The molecule has 1 aliphatic heterocycles. The number of rotatable bonds is 9. The summed E-state index contributed by atoms with van der Waals surface area (Å²) in [5, 5.41) is 8.66. The van der Waals surface area contributed by atoms with Crippen LogP contribution in [0.3, 0.4) is 0 Å². The summed E-state index contributed by atoms with van der Waals surface area (Å²) in [4.78, 5) is 14.4. The first-order valence-corrected chi connectivity index (χ1v) is 13.8.